The van der Waals surface area contributed by atoms with Crippen LogP contribution in [-0.2, 0) is 0 Å². The quantitative estimate of drug-likeness (QED) is 0.796. The van der Waals surface area contributed by atoms with Crippen molar-refractivity contribution in [2.45, 2.75) is 31.3 Å². The molecule has 0 amide bonds. The molecule has 0 aromatic heterocycles. The minimum atomic E-state index is 0.298. The average molecular weight is 266 g/mol. The Morgan fingerprint density at radius 2 is 2.00 bits per heavy atom. The van der Waals surface area contributed by atoms with Crippen molar-refractivity contribution in [3.63, 3.8) is 0 Å². The molecule has 0 spiro atoms. The molecule has 0 aliphatic carbocycles. The van der Waals surface area contributed by atoms with Crippen molar-refractivity contribution >= 4 is 0 Å². The van der Waals surface area contributed by atoms with E-state index in [1.54, 1.807) is 0 Å². The van der Waals surface area contributed by atoms with E-state index in [-0.39, 0.29) is 0 Å². The Hall–Kier alpha value is -0.160. The molecular weight excluding hydrogens is 236 g/mol. The Bertz CT molecular complexity index is 332. The molecule has 4 nitrogen and oxygen atoms in total. The van der Waals surface area contributed by atoms with E-state index >= 15 is 0 Å². The molecule has 3 saturated heterocycles. The number of rotatable bonds is 3. The summed E-state index contributed by atoms with van der Waals surface area (Å²) in [5.74, 6) is 1.57. The Morgan fingerprint density at radius 1 is 1.21 bits per heavy atom. The predicted molar refractivity (Wildman–Crippen MR) is 79.2 cm³/mol. The fourth-order valence-corrected chi connectivity index (χ4v) is 4.83. The van der Waals surface area contributed by atoms with E-state index in [2.05, 4.69) is 35.7 Å². The van der Waals surface area contributed by atoms with Crippen molar-refractivity contribution < 1.29 is 0 Å². The first kappa shape index (κ1) is 13.8. The second-order valence-corrected chi connectivity index (χ2v) is 7.26. The zero-order chi connectivity index (χ0) is 13.6. The third kappa shape index (κ3) is 2.13. The van der Waals surface area contributed by atoms with Crippen LogP contribution in [0.3, 0.4) is 0 Å². The van der Waals surface area contributed by atoms with Crippen LogP contribution in [0.4, 0.5) is 0 Å². The number of nitrogens with zero attached hydrogens (tertiary/aromatic N) is 3. The van der Waals surface area contributed by atoms with Crippen LogP contribution in [-0.4, -0.2) is 79.6 Å². The molecule has 4 heteroatoms. The lowest BCUT2D eigenvalue weighted by atomic mass is 9.77. The summed E-state index contributed by atoms with van der Waals surface area (Å²) in [6.45, 7) is 9.53. The molecule has 3 aliphatic heterocycles. The molecule has 5 atom stereocenters. The van der Waals surface area contributed by atoms with Crippen molar-refractivity contribution in [1.29, 1.82) is 0 Å². The van der Waals surface area contributed by atoms with E-state index in [1.807, 2.05) is 0 Å². The smallest absolute Gasteiger partial charge is 0.0385 e. The summed E-state index contributed by atoms with van der Waals surface area (Å²) in [6, 6.07) is 0.697. The van der Waals surface area contributed by atoms with Gasteiger partial charge in [-0.2, -0.15) is 0 Å². The first-order valence-electron chi connectivity index (χ1n) is 7.91. The summed E-state index contributed by atoms with van der Waals surface area (Å²) in [7, 11) is 4.44. The highest BCUT2D eigenvalue weighted by molar-refractivity contribution is 5.08. The highest BCUT2D eigenvalue weighted by atomic mass is 15.3. The molecule has 2 N–H and O–H groups in total. The molecule has 3 fully saturated rings. The molecule has 0 aromatic rings. The van der Waals surface area contributed by atoms with Crippen LogP contribution in [0.15, 0.2) is 0 Å². The van der Waals surface area contributed by atoms with Gasteiger partial charge in [-0.05, 0) is 51.9 Å². The van der Waals surface area contributed by atoms with Gasteiger partial charge in [0.05, 0.1) is 0 Å². The SMILES string of the molecule is CC1CN(C2(CN)CCN3CCC2C3)CC1N(C)C. The van der Waals surface area contributed by atoms with Gasteiger partial charge in [0, 0.05) is 37.8 Å². The fraction of sp³-hybridized carbons (Fsp3) is 1.00. The largest absolute Gasteiger partial charge is 0.329 e. The molecule has 0 aromatic carbocycles. The van der Waals surface area contributed by atoms with Gasteiger partial charge < -0.3 is 15.5 Å². The number of likely N-dealkylation sites (N-methyl/N-ethyl adjacent to an activating group) is 1. The van der Waals surface area contributed by atoms with Crippen LogP contribution >= 0.6 is 0 Å². The van der Waals surface area contributed by atoms with Crippen LogP contribution in [0.25, 0.3) is 0 Å². The standard InChI is InChI=1S/C15H30N4/c1-12-8-19(10-14(12)17(2)3)15(11-16)5-7-18-6-4-13(15)9-18/h12-14H,4-11,16H2,1-3H3. The number of hydrogen-bond acceptors (Lipinski definition) is 4. The van der Waals surface area contributed by atoms with Crippen LogP contribution in [0, 0.1) is 11.8 Å². The van der Waals surface area contributed by atoms with E-state index in [0.29, 0.717) is 11.6 Å². The third-order valence-electron chi connectivity index (χ3n) is 6.11. The van der Waals surface area contributed by atoms with Crippen molar-refractivity contribution in [3.8, 4) is 0 Å². The Labute approximate surface area is 117 Å². The lowest BCUT2D eigenvalue weighted by Crippen LogP contribution is -2.62. The summed E-state index contributed by atoms with van der Waals surface area (Å²) in [4.78, 5) is 7.79. The van der Waals surface area contributed by atoms with Gasteiger partial charge in [-0.15, -0.1) is 0 Å². The number of likely N-dealkylation sites (tertiary alicyclic amines) is 1. The van der Waals surface area contributed by atoms with E-state index in [9.17, 15) is 0 Å². The van der Waals surface area contributed by atoms with E-state index in [4.69, 9.17) is 5.73 Å². The third-order valence-corrected chi connectivity index (χ3v) is 6.11. The summed E-state index contributed by atoms with van der Waals surface area (Å²) in [6.07, 6.45) is 2.63. The van der Waals surface area contributed by atoms with Gasteiger partial charge >= 0.3 is 0 Å². The number of piperidine rings is 1. The van der Waals surface area contributed by atoms with Gasteiger partial charge in [0.2, 0.25) is 0 Å². The van der Waals surface area contributed by atoms with E-state index < -0.39 is 0 Å². The lowest BCUT2D eigenvalue weighted by Gasteiger charge is -2.49. The highest BCUT2D eigenvalue weighted by Crippen LogP contribution is 2.41. The number of hydrogen-bond donors (Lipinski definition) is 1. The maximum absolute atomic E-state index is 6.30. The van der Waals surface area contributed by atoms with Crippen molar-refractivity contribution in [3.05, 3.63) is 0 Å². The van der Waals surface area contributed by atoms with Gasteiger partial charge in [-0.1, -0.05) is 6.92 Å². The molecule has 5 unspecified atom stereocenters. The fourth-order valence-electron chi connectivity index (χ4n) is 4.83. The van der Waals surface area contributed by atoms with Gasteiger partial charge in [-0.25, -0.2) is 0 Å². The highest BCUT2D eigenvalue weighted by Gasteiger charge is 2.51. The summed E-state index contributed by atoms with van der Waals surface area (Å²) in [5.41, 5.74) is 6.59. The van der Waals surface area contributed by atoms with Crippen molar-refractivity contribution in [2.24, 2.45) is 17.6 Å². The molecule has 3 heterocycles. The normalized spacial score (nSPS) is 47.2. The van der Waals surface area contributed by atoms with Gasteiger partial charge in [0.1, 0.15) is 0 Å². The maximum atomic E-state index is 6.30. The minimum absolute atomic E-state index is 0.298. The van der Waals surface area contributed by atoms with Gasteiger partial charge in [0.25, 0.3) is 0 Å². The minimum Gasteiger partial charge on any atom is -0.329 e. The summed E-state index contributed by atoms with van der Waals surface area (Å²) in [5, 5.41) is 0. The molecule has 19 heavy (non-hydrogen) atoms. The second-order valence-electron chi connectivity index (χ2n) is 7.26. The van der Waals surface area contributed by atoms with Gasteiger partial charge in [0.15, 0.2) is 0 Å². The molecule has 0 saturated carbocycles. The van der Waals surface area contributed by atoms with Gasteiger partial charge in [-0.3, -0.25) is 4.90 Å². The predicted octanol–water partition coefficient (Wildman–Crippen LogP) is 0.291. The zero-order valence-corrected chi connectivity index (χ0v) is 12.8. The Balaban J connectivity index is 1.79. The lowest BCUT2D eigenvalue weighted by molar-refractivity contribution is 0.0199. The summed E-state index contributed by atoms with van der Waals surface area (Å²) < 4.78 is 0. The maximum Gasteiger partial charge on any atom is 0.0385 e. The molecule has 3 aliphatic rings. The summed E-state index contributed by atoms with van der Waals surface area (Å²) >= 11 is 0. The number of nitrogens with two attached hydrogens (primary N) is 1. The molecule has 110 valence electrons. The first-order chi connectivity index (χ1) is 9.06. The number of fused-ring (bicyclic) bond motifs is 2. The topological polar surface area (TPSA) is 35.7 Å². The van der Waals surface area contributed by atoms with Crippen LogP contribution in [0.2, 0.25) is 0 Å². The molecule has 2 bridgehead atoms. The van der Waals surface area contributed by atoms with Crippen molar-refractivity contribution in [1.82, 2.24) is 14.7 Å². The Kier molecular flexibility index (Phi) is 3.63. The molecule has 0 radical (unpaired) electrons. The molecule has 3 rings (SSSR count). The average Bonchev–Trinajstić information content (AvgIpc) is 2.96. The monoisotopic (exact) mass is 266 g/mol. The zero-order valence-electron chi connectivity index (χ0n) is 12.8. The van der Waals surface area contributed by atoms with Crippen LogP contribution in [0.5, 0.6) is 0 Å². The second kappa shape index (κ2) is 4.99. The van der Waals surface area contributed by atoms with Crippen LogP contribution in [0.1, 0.15) is 19.8 Å². The molecular formula is C15H30N4. The van der Waals surface area contributed by atoms with E-state index in [0.717, 1.165) is 18.4 Å². The Morgan fingerprint density at radius 3 is 2.63 bits per heavy atom. The first-order valence-corrected chi connectivity index (χ1v) is 7.91. The van der Waals surface area contributed by atoms with Crippen LogP contribution < -0.4 is 5.73 Å². The van der Waals surface area contributed by atoms with Crippen molar-refractivity contribution in [2.75, 3.05) is 53.4 Å². The van der Waals surface area contributed by atoms with E-state index in [1.165, 1.54) is 45.6 Å².